The highest BCUT2D eigenvalue weighted by Crippen LogP contribution is 2.36. The van der Waals surface area contributed by atoms with Crippen molar-refractivity contribution in [2.75, 3.05) is 31.1 Å². The molecule has 0 unspecified atom stereocenters. The van der Waals surface area contributed by atoms with E-state index in [-0.39, 0.29) is 1.43 Å². The first-order valence-electron chi connectivity index (χ1n) is 12.2. The summed E-state index contributed by atoms with van der Waals surface area (Å²) in [6, 6.07) is 13.6. The van der Waals surface area contributed by atoms with Gasteiger partial charge in [-0.2, -0.15) is 0 Å². The number of nitrogens with zero attached hydrogens (tertiary/aromatic N) is 4. The first kappa shape index (κ1) is 20.4. The van der Waals surface area contributed by atoms with E-state index in [4.69, 9.17) is 4.98 Å². The van der Waals surface area contributed by atoms with Gasteiger partial charge in [-0.3, -0.25) is 4.98 Å². The smallest absolute Gasteiger partial charge is 0.138 e. The van der Waals surface area contributed by atoms with Crippen molar-refractivity contribution < 1.29 is 1.43 Å². The fourth-order valence-corrected chi connectivity index (χ4v) is 5.68. The van der Waals surface area contributed by atoms with E-state index in [1.807, 2.05) is 24.5 Å². The lowest BCUT2D eigenvalue weighted by Gasteiger charge is -2.37. The van der Waals surface area contributed by atoms with Crippen LogP contribution in [-0.4, -0.2) is 52.1 Å². The van der Waals surface area contributed by atoms with Crippen molar-refractivity contribution in [2.24, 2.45) is 0 Å². The van der Waals surface area contributed by atoms with Gasteiger partial charge < -0.3 is 14.8 Å². The molecule has 1 N–H and O–H groups in total. The van der Waals surface area contributed by atoms with Crippen molar-refractivity contribution in [1.82, 2.24) is 19.9 Å². The number of fused-ring (bicyclic) bond motifs is 3. The maximum atomic E-state index is 5.25. The summed E-state index contributed by atoms with van der Waals surface area (Å²) in [5.41, 5.74) is 5.72. The molecule has 2 aliphatic heterocycles. The molecule has 170 valence electrons. The molecule has 2 aliphatic rings. The average Bonchev–Trinajstić information content (AvgIpc) is 3.52. The van der Waals surface area contributed by atoms with Crippen LogP contribution in [-0.2, 0) is 6.42 Å². The SMILES string of the molecule is C=Cc1ccc2c(c1)[nH]c1cc(Cc3cccnc3)nc(N3CCC(N4CCCC4)CC3)c12.[HH]. The van der Waals surface area contributed by atoms with E-state index in [0.29, 0.717) is 0 Å². The minimum absolute atomic E-state index is 0. The standard InChI is InChI=1S/C28H31N5.H2/c1-2-20-7-8-24-25(17-20)31-26-18-22(16-21-6-5-11-29-19-21)30-28(27(24)26)33-14-9-23(10-15-33)32-12-3-4-13-32;/h2,5-8,11,17-19,23,31H,1,3-4,9-10,12-16H2;1H. The van der Waals surface area contributed by atoms with Gasteiger partial charge in [-0.25, -0.2) is 4.98 Å². The monoisotopic (exact) mass is 439 g/mol. The molecule has 3 aromatic heterocycles. The van der Waals surface area contributed by atoms with E-state index >= 15 is 0 Å². The van der Waals surface area contributed by atoms with E-state index in [9.17, 15) is 0 Å². The molecule has 33 heavy (non-hydrogen) atoms. The van der Waals surface area contributed by atoms with E-state index in [1.54, 1.807) is 0 Å². The lowest BCUT2D eigenvalue weighted by Crippen LogP contribution is -2.44. The fourth-order valence-electron chi connectivity index (χ4n) is 5.68. The summed E-state index contributed by atoms with van der Waals surface area (Å²) in [6.07, 6.45) is 11.6. The van der Waals surface area contributed by atoms with Crippen LogP contribution in [0.3, 0.4) is 0 Å². The molecule has 0 atom stereocenters. The zero-order valence-corrected chi connectivity index (χ0v) is 19.1. The van der Waals surface area contributed by atoms with Crippen LogP contribution in [0.1, 0.15) is 43.9 Å². The van der Waals surface area contributed by atoms with Gasteiger partial charge in [-0.05, 0) is 68.1 Å². The molecule has 0 spiro atoms. The van der Waals surface area contributed by atoms with Crippen LogP contribution >= 0.6 is 0 Å². The summed E-state index contributed by atoms with van der Waals surface area (Å²) in [6.45, 7) is 8.63. The van der Waals surface area contributed by atoms with Gasteiger partial charge in [0.1, 0.15) is 5.82 Å². The summed E-state index contributed by atoms with van der Waals surface area (Å²) in [5, 5.41) is 2.49. The minimum atomic E-state index is 0. The third kappa shape index (κ3) is 3.91. The number of aromatic amines is 1. The lowest BCUT2D eigenvalue weighted by molar-refractivity contribution is 0.208. The summed E-state index contributed by atoms with van der Waals surface area (Å²) in [4.78, 5) is 18.5. The Labute approximate surface area is 196 Å². The molecule has 0 amide bonds. The van der Waals surface area contributed by atoms with Crippen LogP contribution in [0.5, 0.6) is 0 Å². The number of hydrogen-bond acceptors (Lipinski definition) is 4. The molecule has 0 aliphatic carbocycles. The lowest BCUT2D eigenvalue weighted by atomic mass is 10.0. The van der Waals surface area contributed by atoms with Gasteiger partial charge in [0.2, 0.25) is 0 Å². The molecule has 5 nitrogen and oxygen atoms in total. The number of anilines is 1. The quantitative estimate of drug-likeness (QED) is 0.436. The Morgan fingerprint density at radius 2 is 1.91 bits per heavy atom. The van der Waals surface area contributed by atoms with Gasteiger partial charge >= 0.3 is 0 Å². The largest absolute Gasteiger partial charge is 0.356 e. The Kier molecular flexibility index (Phi) is 5.35. The predicted octanol–water partition coefficient (Wildman–Crippen LogP) is 5.66. The number of piperidine rings is 1. The molecular weight excluding hydrogens is 406 g/mol. The maximum absolute atomic E-state index is 5.25. The highest BCUT2D eigenvalue weighted by molar-refractivity contribution is 6.13. The number of pyridine rings is 2. The van der Waals surface area contributed by atoms with Crippen LogP contribution in [0.2, 0.25) is 0 Å². The first-order chi connectivity index (χ1) is 16.3. The number of rotatable bonds is 5. The van der Waals surface area contributed by atoms with Gasteiger partial charge in [0, 0.05) is 61.4 Å². The number of benzene rings is 1. The van der Waals surface area contributed by atoms with Crippen molar-refractivity contribution in [3.8, 4) is 0 Å². The first-order valence-corrected chi connectivity index (χ1v) is 12.2. The minimum Gasteiger partial charge on any atom is -0.356 e. The number of aromatic nitrogens is 3. The molecule has 5 heterocycles. The Morgan fingerprint density at radius 3 is 2.67 bits per heavy atom. The second-order valence-electron chi connectivity index (χ2n) is 9.49. The summed E-state index contributed by atoms with van der Waals surface area (Å²) >= 11 is 0. The van der Waals surface area contributed by atoms with Gasteiger partial charge in [-0.1, -0.05) is 30.9 Å². The molecule has 0 saturated carbocycles. The number of nitrogens with one attached hydrogen (secondary N) is 1. The van der Waals surface area contributed by atoms with Crippen LogP contribution in [0.4, 0.5) is 5.82 Å². The molecule has 6 rings (SSSR count). The molecule has 4 aromatic rings. The van der Waals surface area contributed by atoms with Crippen molar-refractivity contribution in [1.29, 1.82) is 0 Å². The normalized spacial score (nSPS) is 17.9. The molecule has 1 aromatic carbocycles. The second kappa shape index (κ2) is 8.64. The zero-order chi connectivity index (χ0) is 22.2. The number of likely N-dealkylation sites (tertiary alicyclic amines) is 1. The molecule has 0 radical (unpaired) electrons. The third-order valence-electron chi connectivity index (χ3n) is 7.40. The topological polar surface area (TPSA) is 48.1 Å². The van der Waals surface area contributed by atoms with E-state index < -0.39 is 0 Å². The molecule has 2 fully saturated rings. The second-order valence-corrected chi connectivity index (χ2v) is 9.49. The fraction of sp³-hybridized carbons (Fsp3) is 0.357. The van der Waals surface area contributed by atoms with Crippen molar-refractivity contribution >= 4 is 33.7 Å². The van der Waals surface area contributed by atoms with Gasteiger partial charge in [-0.15, -0.1) is 0 Å². The summed E-state index contributed by atoms with van der Waals surface area (Å²) in [7, 11) is 0. The van der Waals surface area contributed by atoms with Gasteiger partial charge in [0.15, 0.2) is 0 Å². The number of hydrogen-bond donors (Lipinski definition) is 1. The maximum Gasteiger partial charge on any atom is 0.138 e. The molecular formula is C28H33N5. The van der Waals surface area contributed by atoms with Crippen LogP contribution < -0.4 is 4.90 Å². The van der Waals surface area contributed by atoms with Gasteiger partial charge in [0.05, 0.1) is 5.52 Å². The van der Waals surface area contributed by atoms with Gasteiger partial charge in [0.25, 0.3) is 0 Å². The Morgan fingerprint density at radius 1 is 1.06 bits per heavy atom. The van der Waals surface area contributed by atoms with Crippen molar-refractivity contribution in [3.05, 3.63) is 72.2 Å². The molecule has 5 heteroatoms. The van der Waals surface area contributed by atoms with E-state index in [1.165, 1.54) is 55.1 Å². The van der Waals surface area contributed by atoms with Crippen molar-refractivity contribution in [2.45, 2.75) is 38.1 Å². The highest BCUT2D eigenvalue weighted by Gasteiger charge is 2.28. The van der Waals surface area contributed by atoms with Crippen LogP contribution in [0.25, 0.3) is 27.9 Å². The Bertz CT molecular complexity index is 1280. The Hall–Kier alpha value is -3.18. The average molecular weight is 440 g/mol. The summed E-state index contributed by atoms with van der Waals surface area (Å²) < 4.78 is 0. The highest BCUT2D eigenvalue weighted by atomic mass is 15.2. The Balaban J connectivity index is 0.00000241. The van der Waals surface area contributed by atoms with Crippen molar-refractivity contribution in [3.63, 3.8) is 0 Å². The van der Waals surface area contributed by atoms with E-state index in [2.05, 4.69) is 56.7 Å². The van der Waals surface area contributed by atoms with Crippen LogP contribution in [0, 0.1) is 0 Å². The zero-order valence-electron chi connectivity index (χ0n) is 19.1. The number of H-pyrrole nitrogens is 1. The molecule has 0 bridgehead atoms. The summed E-state index contributed by atoms with van der Waals surface area (Å²) in [5.74, 6) is 1.13. The van der Waals surface area contributed by atoms with E-state index in [0.717, 1.165) is 53.7 Å². The molecule has 2 saturated heterocycles. The predicted molar refractivity (Wildman–Crippen MR) is 139 cm³/mol. The third-order valence-corrected chi connectivity index (χ3v) is 7.40. The van der Waals surface area contributed by atoms with Crippen LogP contribution in [0.15, 0.2) is 55.4 Å².